The standard InChI is InChI=1S/C12H15NO2/c13-10-3-1-2-8-6-11-12(7-9(8)10)15-5-4-14-11/h6-7,10H,1-5,13H2/t10-/m1/s1. The zero-order chi connectivity index (χ0) is 10.3. The highest BCUT2D eigenvalue weighted by Crippen LogP contribution is 2.38. The maximum absolute atomic E-state index is 6.08. The van der Waals surface area contributed by atoms with E-state index in [1.54, 1.807) is 0 Å². The third-order valence-electron chi connectivity index (χ3n) is 3.16. The van der Waals surface area contributed by atoms with E-state index in [9.17, 15) is 0 Å². The van der Waals surface area contributed by atoms with Crippen LogP contribution in [0.1, 0.15) is 30.0 Å². The molecule has 1 aromatic rings. The first-order valence-electron chi connectivity index (χ1n) is 5.52. The molecule has 1 aliphatic heterocycles. The lowest BCUT2D eigenvalue weighted by atomic mass is 9.88. The minimum Gasteiger partial charge on any atom is -0.486 e. The Morgan fingerprint density at radius 1 is 1.13 bits per heavy atom. The molecule has 2 N–H and O–H groups in total. The fourth-order valence-electron chi connectivity index (χ4n) is 2.38. The van der Waals surface area contributed by atoms with E-state index < -0.39 is 0 Å². The first-order chi connectivity index (χ1) is 7.34. The number of fused-ring (bicyclic) bond motifs is 2. The van der Waals surface area contributed by atoms with Gasteiger partial charge >= 0.3 is 0 Å². The summed E-state index contributed by atoms with van der Waals surface area (Å²) in [4.78, 5) is 0. The van der Waals surface area contributed by atoms with E-state index in [0.717, 1.165) is 24.3 Å². The fraction of sp³-hybridized carbons (Fsp3) is 0.500. The molecule has 1 aliphatic carbocycles. The van der Waals surface area contributed by atoms with Gasteiger partial charge in [0.1, 0.15) is 13.2 Å². The molecule has 0 aromatic heterocycles. The van der Waals surface area contributed by atoms with Crippen molar-refractivity contribution in [2.45, 2.75) is 25.3 Å². The van der Waals surface area contributed by atoms with Crippen molar-refractivity contribution in [1.29, 1.82) is 0 Å². The van der Waals surface area contributed by atoms with Gasteiger partial charge in [-0.2, -0.15) is 0 Å². The van der Waals surface area contributed by atoms with Gasteiger partial charge in [-0.3, -0.25) is 0 Å². The second kappa shape index (κ2) is 3.42. The average molecular weight is 205 g/mol. The zero-order valence-corrected chi connectivity index (χ0v) is 8.66. The van der Waals surface area contributed by atoms with E-state index in [4.69, 9.17) is 15.2 Å². The Labute approximate surface area is 89.2 Å². The molecule has 3 rings (SSSR count). The number of nitrogens with two attached hydrogens (primary N) is 1. The highest BCUT2D eigenvalue weighted by Gasteiger charge is 2.21. The van der Waals surface area contributed by atoms with Crippen LogP contribution in [-0.2, 0) is 6.42 Å². The van der Waals surface area contributed by atoms with Crippen LogP contribution in [0.15, 0.2) is 12.1 Å². The lowest BCUT2D eigenvalue weighted by molar-refractivity contribution is 0.171. The summed E-state index contributed by atoms with van der Waals surface area (Å²) in [6, 6.07) is 4.33. The number of hydrogen-bond donors (Lipinski definition) is 1. The third kappa shape index (κ3) is 1.47. The highest BCUT2D eigenvalue weighted by molar-refractivity contribution is 5.49. The highest BCUT2D eigenvalue weighted by atomic mass is 16.6. The molecule has 3 heteroatoms. The van der Waals surface area contributed by atoms with Gasteiger partial charge < -0.3 is 15.2 Å². The van der Waals surface area contributed by atoms with Gasteiger partial charge in [0, 0.05) is 6.04 Å². The topological polar surface area (TPSA) is 44.5 Å². The maximum atomic E-state index is 6.08. The minimum atomic E-state index is 0.171. The molecule has 1 atom stereocenters. The van der Waals surface area contributed by atoms with Crippen molar-refractivity contribution in [2.75, 3.05) is 13.2 Å². The van der Waals surface area contributed by atoms with Crippen LogP contribution in [0.2, 0.25) is 0 Å². The maximum Gasteiger partial charge on any atom is 0.161 e. The average Bonchev–Trinajstić information content (AvgIpc) is 2.27. The molecule has 15 heavy (non-hydrogen) atoms. The Balaban J connectivity index is 2.08. The van der Waals surface area contributed by atoms with Crippen molar-refractivity contribution in [2.24, 2.45) is 5.73 Å². The molecule has 0 amide bonds. The van der Waals surface area contributed by atoms with Crippen LogP contribution >= 0.6 is 0 Å². The molecule has 80 valence electrons. The van der Waals surface area contributed by atoms with Gasteiger partial charge in [-0.15, -0.1) is 0 Å². The van der Waals surface area contributed by atoms with Crippen LogP contribution in [0.4, 0.5) is 0 Å². The van der Waals surface area contributed by atoms with Crippen LogP contribution in [0.25, 0.3) is 0 Å². The van der Waals surface area contributed by atoms with E-state index in [1.807, 2.05) is 0 Å². The number of ether oxygens (including phenoxy) is 2. The van der Waals surface area contributed by atoms with Gasteiger partial charge in [0.25, 0.3) is 0 Å². The molecule has 1 heterocycles. The number of benzene rings is 1. The van der Waals surface area contributed by atoms with E-state index in [-0.39, 0.29) is 6.04 Å². The van der Waals surface area contributed by atoms with Gasteiger partial charge in [0.05, 0.1) is 0 Å². The van der Waals surface area contributed by atoms with Gasteiger partial charge in [-0.25, -0.2) is 0 Å². The van der Waals surface area contributed by atoms with E-state index >= 15 is 0 Å². The molecule has 0 fully saturated rings. The van der Waals surface area contributed by atoms with Crippen LogP contribution in [0.3, 0.4) is 0 Å². The summed E-state index contributed by atoms with van der Waals surface area (Å²) in [6.45, 7) is 1.29. The Bertz CT molecular complexity index is 389. The summed E-state index contributed by atoms with van der Waals surface area (Å²) in [6.07, 6.45) is 3.36. The summed E-state index contributed by atoms with van der Waals surface area (Å²) in [5.41, 5.74) is 8.66. The molecule has 0 bridgehead atoms. The Kier molecular flexibility index (Phi) is 2.06. The summed E-state index contributed by atoms with van der Waals surface area (Å²) in [7, 11) is 0. The third-order valence-corrected chi connectivity index (χ3v) is 3.16. The summed E-state index contributed by atoms with van der Waals surface area (Å²) < 4.78 is 11.1. The molecule has 0 unspecified atom stereocenters. The first kappa shape index (κ1) is 9.04. The molecule has 0 spiro atoms. The predicted octanol–water partition coefficient (Wildman–Crippen LogP) is 1.79. The fourth-order valence-corrected chi connectivity index (χ4v) is 2.38. The second-order valence-corrected chi connectivity index (χ2v) is 4.19. The van der Waals surface area contributed by atoms with Gasteiger partial charge in [0.2, 0.25) is 0 Å². The van der Waals surface area contributed by atoms with Crippen molar-refractivity contribution >= 4 is 0 Å². The molecular weight excluding hydrogens is 190 g/mol. The van der Waals surface area contributed by atoms with Crippen molar-refractivity contribution in [3.8, 4) is 11.5 Å². The largest absolute Gasteiger partial charge is 0.486 e. The Morgan fingerprint density at radius 2 is 1.87 bits per heavy atom. The van der Waals surface area contributed by atoms with Gasteiger partial charge in [0.15, 0.2) is 11.5 Å². The van der Waals surface area contributed by atoms with Crippen molar-refractivity contribution in [1.82, 2.24) is 0 Å². The normalized spacial score (nSPS) is 23.4. The molecule has 0 saturated heterocycles. The minimum absolute atomic E-state index is 0.171. The van der Waals surface area contributed by atoms with Crippen LogP contribution < -0.4 is 15.2 Å². The SMILES string of the molecule is N[C@@H]1CCCc2cc3c(cc21)OCCO3. The quantitative estimate of drug-likeness (QED) is 0.702. The first-order valence-corrected chi connectivity index (χ1v) is 5.52. The molecular formula is C12H15NO2. The summed E-state index contributed by atoms with van der Waals surface area (Å²) >= 11 is 0. The van der Waals surface area contributed by atoms with Crippen molar-refractivity contribution in [3.05, 3.63) is 23.3 Å². The molecule has 2 aliphatic rings. The Hall–Kier alpha value is -1.22. The smallest absolute Gasteiger partial charge is 0.161 e. The van der Waals surface area contributed by atoms with E-state index in [1.165, 1.54) is 17.5 Å². The molecule has 3 nitrogen and oxygen atoms in total. The number of hydrogen-bond acceptors (Lipinski definition) is 3. The summed E-state index contributed by atoms with van der Waals surface area (Å²) in [5.74, 6) is 1.74. The van der Waals surface area contributed by atoms with Crippen molar-refractivity contribution < 1.29 is 9.47 Å². The molecule has 1 aromatic carbocycles. The number of aryl methyl sites for hydroxylation is 1. The monoisotopic (exact) mass is 205 g/mol. The van der Waals surface area contributed by atoms with Crippen LogP contribution in [0.5, 0.6) is 11.5 Å². The van der Waals surface area contributed by atoms with Crippen LogP contribution in [-0.4, -0.2) is 13.2 Å². The van der Waals surface area contributed by atoms with Crippen LogP contribution in [0, 0.1) is 0 Å². The predicted molar refractivity (Wildman–Crippen MR) is 57.3 cm³/mol. The van der Waals surface area contributed by atoms with E-state index in [2.05, 4.69) is 12.1 Å². The Morgan fingerprint density at radius 3 is 2.67 bits per heavy atom. The van der Waals surface area contributed by atoms with E-state index in [0.29, 0.717) is 13.2 Å². The van der Waals surface area contributed by atoms with Gasteiger partial charge in [-0.05, 0) is 42.5 Å². The van der Waals surface area contributed by atoms with Crippen molar-refractivity contribution in [3.63, 3.8) is 0 Å². The summed E-state index contributed by atoms with van der Waals surface area (Å²) in [5, 5.41) is 0. The lowest BCUT2D eigenvalue weighted by Gasteiger charge is -2.26. The second-order valence-electron chi connectivity index (χ2n) is 4.19. The number of rotatable bonds is 0. The zero-order valence-electron chi connectivity index (χ0n) is 8.66. The molecule has 0 saturated carbocycles. The lowest BCUT2D eigenvalue weighted by Crippen LogP contribution is -2.20. The van der Waals surface area contributed by atoms with Gasteiger partial charge in [-0.1, -0.05) is 0 Å². The molecule has 0 radical (unpaired) electrons.